The summed E-state index contributed by atoms with van der Waals surface area (Å²) in [6, 6.07) is 5.22. The number of rotatable bonds is 3. The summed E-state index contributed by atoms with van der Waals surface area (Å²) in [5.41, 5.74) is -0.345. The third-order valence-electron chi connectivity index (χ3n) is 3.68. The van der Waals surface area contributed by atoms with Crippen LogP contribution in [0, 0.1) is 5.92 Å². The van der Waals surface area contributed by atoms with Crippen molar-refractivity contribution in [3.63, 3.8) is 0 Å². The predicted molar refractivity (Wildman–Crippen MR) is 69.2 cm³/mol. The van der Waals surface area contributed by atoms with Crippen molar-refractivity contribution in [3.05, 3.63) is 30.1 Å². The molecule has 4 nitrogen and oxygen atoms in total. The molecular formula is C14H20N2O2. The van der Waals surface area contributed by atoms with Gasteiger partial charge in [-0.3, -0.25) is 9.78 Å². The number of carbonyl (C=O) groups excluding carboxylic acids is 1. The van der Waals surface area contributed by atoms with Crippen LogP contribution in [0.2, 0.25) is 0 Å². The molecule has 2 rings (SSSR count). The van der Waals surface area contributed by atoms with Crippen LogP contribution >= 0.6 is 0 Å². The molecule has 0 aromatic carbocycles. The van der Waals surface area contributed by atoms with Gasteiger partial charge < -0.3 is 10.4 Å². The second-order valence-electron chi connectivity index (χ2n) is 5.30. The summed E-state index contributed by atoms with van der Waals surface area (Å²) in [5, 5.41) is 13.1. The summed E-state index contributed by atoms with van der Waals surface area (Å²) >= 11 is 0. The van der Waals surface area contributed by atoms with Crippen LogP contribution in [0.4, 0.5) is 0 Å². The average molecular weight is 248 g/mol. The van der Waals surface area contributed by atoms with Crippen molar-refractivity contribution in [2.45, 2.75) is 38.2 Å². The molecule has 1 aromatic heterocycles. The minimum Gasteiger partial charge on any atom is -0.388 e. The van der Waals surface area contributed by atoms with Gasteiger partial charge in [-0.2, -0.15) is 0 Å². The highest BCUT2D eigenvalue weighted by atomic mass is 16.3. The maximum atomic E-state index is 11.8. The van der Waals surface area contributed by atoms with E-state index in [4.69, 9.17) is 0 Å². The molecule has 4 heteroatoms. The summed E-state index contributed by atoms with van der Waals surface area (Å²) in [6.45, 7) is 2.52. The van der Waals surface area contributed by atoms with Gasteiger partial charge in [-0.1, -0.05) is 13.0 Å². The maximum Gasteiger partial charge on any atom is 0.269 e. The Morgan fingerprint density at radius 2 is 2.22 bits per heavy atom. The maximum absolute atomic E-state index is 11.8. The predicted octanol–water partition coefficient (Wildman–Crippen LogP) is 1.75. The van der Waals surface area contributed by atoms with E-state index in [1.807, 2.05) is 0 Å². The Kier molecular flexibility index (Phi) is 3.97. The number of amides is 1. The molecule has 0 radical (unpaired) electrons. The molecule has 0 unspecified atom stereocenters. The Balaban J connectivity index is 1.86. The standard InChI is InChI=1S/C14H20N2O2/c1-11-5-7-14(18,8-6-11)10-16-13(17)12-4-2-3-9-15-12/h2-4,9,11,18H,5-8,10H2,1H3,(H,16,17). The SMILES string of the molecule is CC1CCC(O)(CNC(=O)c2ccccn2)CC1. The van der Waals surface area contributed by atoms with Crippen LogP contribution in [0.3, 0.4) is 0 Å². The fourth-order valence-corrected chi connectivity index (χ4v) is 2.31. The van der Waals surface area contributed by atoms with Gasteiger partial charge in [0.2, 0.25) is 0 Å². The third-order valence-corrected chi connectivity index (χ3v) is 3.68. The van der Waals surface area contributed by atoms with E-state index in [-0.39, 0.29) is 5.91 Å². The van der Waals surface area contributed by atoms with Crippen LogP contribution in [-0.4, -0.2) is 28.1 Å². The zero-order valence-electron chi connectivity index (χ0n) is 10.7. The monoisotopic (exact) mass is 248 g/mol. The molecule has 1 aliphatic rings. The first kappa shape index (κ1) is 13.0. The molecule has 1 aliphatic carbocycles. The van der Waals surface area contributed by atoms with Gasteiger partial charge in [0.15, 0.2) is 0 Å². The molecule has 2 N–H and O–H groups in total. The van der Waals surface area contributed by atoms with Gasteiger partial charge in [-0.25, -0.2) is 0 Å². The van der Waals surface area contributed by atoms with E-state index in [1.54, 1.807) is 24.4 Å². The molecule has 0 spiro atoms. The topological polar surface area (TPSA) is 62.2 Å². The molecule has 1 amide bonds. The lowest BCUT2D eigenvalue weighted by Crippen LogP contribution is -2.45. The molecular weight excluding hydrogens is 228 g/mol. The Bertz CT molecular complexity index is 398. The van der Waals surface area contributed by atoms with Crippen molar-refractivity contribution in [1.29, 1.82) is 0 Å². The zero-order chi connectivity index (χ0) is 13.0. The number of hydrogen-bond donors (Lipinski definition) is 2. The third kappa shape index (κ3) is 3.29. The fourth-order valence-electron chi connectivity index (χ4n) is 2.31. The van der Waals surface area contributed by atoms with E-state index >= 15 is 0 Å². The lowest BCUT2D eigenvalue weighted by molar-refractivity contribution is -0.00543. The van der Waals surface area contributed by atoms with Gasteiger partial charge in [0.25, 0.3) is 5.91 Å². The average Bonchev–Trinajstić information content (AvgIpc) is 2.41. The van der Waals surface area contributed by atoms with Crippen molar-refractivity contribution in [1.82, 2.24) is 10.3 Å². The molecule has 1 heterocycles. The van der Waals surface area contributed by atoms with Crippen molar-refractivity contribution in [2.75, 3.05) is 6.54 Å². The van der Waals surface area contributed by atoms with Gasteiger partial charge in [0, 0.05) is 12.7 Å². The summed E-state index contributed by atoms with van der Waals surface area (Å²) < 4.78 is 0. The van der Waals surface area contributed by atoms with Crippen molar-refractivity contribution in [3.8, 4) is 0 Å². The molecule has 0 aliphatic heterocycles. The van der Waals surface area contributed by atoms with Crippen molar-refractivity contribution in [2.24, 2.45) is 5.92 Å². The lowest BCUT2D eigenvalue weighted by Gasteiger charge is -2.34. The zero-order valence-corrected chi connectivity index (χ0v) is 10.7. The smallest absolute Gasteiger partial charge is 0.269 e. The summed E-state index contributed by atoms with van der Waals surface area (Å²) in [6.07, 6.45) is 5.16. The summed E-state index contributed by atoms with van der Waals surface area (Å²) in [7, 11) is 0. The first-order valence-corrected chi connectivity index (χ1v) is 6.51. The minimum absolute atomic E-state index is 0.220. The second kappa shape index (κ2) is 5.48. The van der Waals surface area contributed by atoms with Crippen LogP contribution in [0.5, 0.6) is 0 Å². The highest BCUT2D eigenvalue weighted by Crippen LogP contribution is 2.31. The van der Waals surface area contributed by atoms with Gasteiger partial charge in [-0.15, -0.1) is 0 Å². The fraction of sp³-hybridized carbons (Fsp3) is 0.571. The molecule has 1 aromatic rings. The number of hydrogen-bond acceptors (Lipinski definition) is 3. The van der Waals surface area contributed by atoms with E-state index in [9.17, 15) is 9.90 Å². The number of aliphatic hydroxyl groups is 1. The molecule has 0 saturated heterocycles. The Morgan fingerprint density at radius 1 is 1.50 bits per heavy atom. The van der Waals surface area contributed by atoms with E-state index in [2.05, 4.69) is 17.2 Å². The van der Waals surface area contributed by atoms with E-state index in [0.717, 1.165) is 25.7 Å². The van der Waals surface area contributed by atoms with E-state index in [1.165, 1.54) is 0 Å². The van der Waals surface area contributed by atoms with Gasteiger partial charge in [-0.05, 0) is 43.7 Å². The largest absolute Gasteiger partial charge is 0.388 e. The van der Waals surface area contributed by atoms with Crippen LogP contribution < -0.4 is 5.32 Å². The molecule has 1 saturated carbocycles. The normalized spacial score (nSPS) is 27.8. The highest BCUT2D eigenvalue weighted by Gasteiger charge is 2.32. The number of pyridine rings is 1. The molecule has 0 bridgehead atoms. The minimum atomic E-state index is -0.739. The molecule has 98 valence electrons. The molecule has 1 fully saturated rings. The van der Waals surface area contributed by atoms with Crippen LogP contribution in [0.25, 0.3) is 0 Å². The Hall–Kier alpha value is -1.42. The van der Waals surface area contributed by atoms with Gasteiger partial charge in [0.05, 0.1) is 5.60 Å². The van der Waals surface area contributed by atoms with E-state index in [0.29, 0.717) is 18.2 Å². The van der Waals surface area contributed by atoms with Crippen LogP contribution in [-0.2, 0) is 0 Å². The lowest BCUT2D eigenvalue weighted by atomic mass is 9.79. The summed E-state index contributed by atoms with van der Waals surface area (Å²) in [5.74, 6) is 0.458. The molecule has 18 heavy (non-hydrogen) atoms. The van der Waals surface area contributed by atoms with Crippen molar-refractivity contribution >= 4 is 5.91 Å². The quantitative estimate of drug-likeness (QED) is 0.856. The first-order valence-electron chi connectivity index (χ1n) is 6.51. The van der Waals surface area contributed by atoms with E-state index < -0.39 is 5.60 Å². The second-order valence-corrected chi connectivity index (χ2v) is 5.30. The Labute approximate surface area is 107 Å². The first-order chi connectivity index (χ1) is 8.59. The van der Waals surface area contributed by atoms with Gasteiger partial charge >= 0.3 is 0 Å². The Morgan fingerprint density at radius 3 is 2.83 bits per heavy atom. The van der Waals surface area contributed by atoms with Crippen molar-refractivity contribution < 1.29 is 9.90 Å². The highest BCUT2D eigenvalue weighted by molar-refractivity contribution is 5.92. The summed E-state index contributed by atoms with van der Waals surface area (Å²) in [4.78, 5) is 15.8. The number of carbonyl (C=O) groups is 1. The van der Waals surface area contributed by atoms with Gasteiger partial charge in [0.1, 0.15) is 5.69 Å². The van der Waals surface area contributed by atoms with Crippen LogP contribution in [0.15, 0.2) is 24.4 Å². The number of nitrogens with zero attached hydrogens (tertiary/aromatic N) is 1. The number of nitrogens with one attached hydrogen (secondary N) is 1. The van der Waals surface area contributed by atoms with Crippen LogP contribution in [0.1, 0.15) is 43.1 Å². The number of aromatic nitrogens is 1. The molecule has 0 atom stereocenters.